The summed E-state index contributed by atoms with van der Waals surface area (Å²) in [6, 6.07) is 7.54. The molecule has 0 aliphatic heterocycles. The summed E-state index contributed by atoms with van der Waals surface area (Å²) in [5, 5.41) is 4.93. The summed E-state index contributed by atoms with van der Waals surface area (Å²) in [5.41, 5.74) is 0.359. The van der Waals surface area contributed by atoms with Crippen LogP contribution in [0.15, 0.2) is 54.3 Å². The van der Waals surface area contributed by atoms with Crippen LogP contribution in [0.3, 0.4) is 0 Å². The first kappa shape index (κ1) is 21.6. The van der Waals surface area contributed by atoms with Gasteiger partial charge in [0.05, 0.1) is 14.2 Å². The third-order valence-electron chi connectivity index (χ3n) is 3.31. The maximum Gasteiger partial charge on any atom is 0.354 e. The van der Waals surface area contributed by atoms with Gasteiger partial charge < -0.3 is 20.1 Å². The smallest absolute Gasteiger partial charge is 0.354 e. The Morgan fingerprint density at radius 1 is 1.07 bits per heavy atom. The number of amides is 2. The van der Waals surface area contributed by atoms with Crippen LogP contribution in [0.5, 0.6) is 0 Å². The third-order valence-corrected chi connectivity index (χ3v) is 3.31. The second-order valence-electron chi connectivity index (χ2n) is 5.33. The number of rotatable bonds is 8. The van der Waals surface area contributed by atoms with Crippen LogP contribution in [0.25, 0.3) is 0 Å². The van der Waals surface area contributed by atoms with Gasteiger partial charge in [0, 0.05) is 12.5 Å². The van der Waals surface area contributed by atoms with Gasteiger partial charge in [-0.25, -0.2) is 9.59 Å². The molecule has 0 spiro atoms. The van der Waals surface area contributed by atoms with Gasteiger partial charge in [-0.2, -0.15) is 0 Å². The Labute approximate surface area is 157 Å². The molecule has 1 aromatic carbocycles. The normalized spacial score (nSPS) is 12.2. The number of benzene rings is 1. The van der Waals surface area contributed by atoms with Gasteiger partial charge in [0.15, 0.2) is 0 Å². The fraction of sp³-hybridized carbons (Fsp3) is 0.263. The molecule has 0 aromatic heterocycles. The number of esters is 2. The summed E-state index contributed by atoms with van der Waals surface area (Å²) in [6.45, 7) is 1.26. The van der Waals surface area contributed by atoms with E-state index in [-0.39, 0.29) is 12.1 Å². The van der Waals surface area contributed by atoms with Gasteiger partial charge in [0.25, 0.3) is 5.91 Å². The van der Waals surface area contributed by atoms with E-state index in [0.717, 1.165) is 0 Å². The van der Waals surface area contributed by atoms with Crippen molar-refractivity contribution in [2.24, 2.45) is 0 Å². The number of ether oxygens (including phenoxy) is 2. The summed E-state index contributed by atoms with van der Waals surface area (Å²) >= 11 is 0. The number of hydrogen-bond acceptors (Lipinski definition) is 6. The molecule has 0 saturated carbocycles. The highest BCUT2D eigenvalue weighted by atomic mass is 16.5. The highest BCUT2D eigenvalue weighted by Gasteiger charge is 2.20. The number of carbonyl (C=O) groups excluding carboxylic acids is 4. The van der Waals surface area contributed by atoms with Crippen LogP contribution < -0.4 is 10.6 Å². The molecule has 1 atom stereocenters. The summed E-state index contributed by atoms with van der Waals surface area (Å²) in [5.74, 6) is -2.16. The zero-order valence-corrected chi connectivity index (χ0v) is 15.4. The third kappa shape index (κ3) is 7.55. The molecule has 0 aliphatic carbocycles. The molecule has 0 aliphatic rings. The molecule has 1 rings (SSSR count). The van der Waals surface area contributed by atoms with Crippen LogP contribution in [-0.2, 0) is 23.9 Å². The van der Waals surface area contributed by atoms with Gasteiger partial charge in [-0.1, -0.05) is 30.4 Å². The van der Waals surface area contributed by atoms with E-state index in [1.807, 2.05) is 0 Å². The maximum atomic E-state index is 12.2. The summed E-state index contributed by atoms with van der Waals surface area (Å²) in [6.07, 6.45) is 4.47. The predicted octanol–water partition coefficient (Wildman–Crippen LogP) is 1.10. The monoisotopic (exact) mass is 374 g/mol. The van der Waals surface area contributed by atoms with Gasteiger partial charge in [-0.15, -0.1) is 0 Å². The lowest BCUT2D eigenvalue weighted by atomic mass is 10.1. The minimum absolute atomic E-state index is 0.0517. The molecule has 0 saturated heterocycles. The molecule has 0 unspecified atom stereocenters. The Hall–Kier alpha value is -3.42. The Morgan fingerprint density at radius 2 is 1.74 bits per heavy atom. The molecule has 8 nitrogen and oxygen atoms in total. The highest BCUT2D eigenvalue weighted by molar-refractivity contribution is 5.96. The van der Waals surface area contributed by atoms with Crippen molar-refractivity contribution < 1.29 is 28.7 Å². The molecule has 0 fully saturated rings. The minimum atomic E-state index is -0.908. The summed E-state index contributed by atoms with van der Waals surface area (Å²) < 4.78 is 9.26. The van der Waals surface area contributed by atoms with Crippen LogP contribution in [-0.4, -0.2) is 44.0 Å². The first-order valence-corrected chi connectivity index (χ1v) is 8.05. The zero-order valence-electron chi connectivity index (χ0n) is 15.4. The van der Waals surface area contributed by atoms with Crippen molar-refractivity contribution in [3.8, 4) is 0 Å². The largest absolute Gasteiger partial charge is 0.467 e. The van der Waals surface area contributed by atoms with Crippen LogP contribution in [0, 0.1) is 0 Å². The fourth-order valence-corrected chi connectivity index (χ4v) is 2.03. The Morgan fingerprint density at radius 3 is 2.30 bits per heavy atom. The average molecular weight is 374 g/mol. The van der Waals surface area contributed by atoms with E-state index in [2.05, 4.69) is 15.4 Å². The van der Waals surface area contributed by atoms with Gasteiger partial charge in [-0.3, -0.25) is 9.59 Å². The Balaban J connectivity index is 2.81. The number of allylic oxidation sites excluding steroid dienone is 2. The lowest BCUT2D eigenvalue weighted by Crippen LogP contribution is -2.41. The van der Waals surface area contributed by atoms with Gasteiger partial charge in [-0.05, 0) is 24.6 Å². The van der Waals surface area contributed by atoms with E-state index in [9.17, 15) is 19.2 Å². The quantitative estimate of drug-likeness (QED) is 0.400. The van der Waals surface area contributed by atoms with Crippen molar-refractivity contribution >= 4 is 23.8 Å². The number of methoxy groups -OCH3 is 2. The zero-order chi connectivity index (χ0) is 20.2. The van der Waals surface area contributed by atoms with E-state index in [4.69, 9.17) is 4.74 Å². The van der Waals surface area contributed by atoms with Crippen molar-refractivity contribution in [1.29, 1.82) is 0 Å². The van der Waals surface area contributed by atoms with Crippen LogP contribution >= 0.6 is 0 Å². The topological polar surface area (TPSA) is 111 Å². The van der Waals surface area contributed by atoms with Crippen LogP contribution in [0.2, 0.25) is 0 Å². The van der Waals surface area contributed by atoms with E-state index >= 15 is 0 Å². The molecule has 1 aromatic rings. The summed E-state index contributed by atoms with van der Waals surface area (Å²) in [4.78, 5) is 46.8. The molecule has 2 amide bonds. The predicted molar refractivity (Wildman–Crippen MR) is 97.4 cm³/mol. The molecular formula is C19H22N2O6. The molecule has 8 heteroatoms. The molecule has 2 N–H and O–H groups in total. The van der Waals surface area contributed by atoms with E-state index in [1.165, 1.54) is 33.3 Å². The van der Waals surface area contributed by atoms with Crippen molar-refractivity contribution in [3.05, 3.63) is 59.8 Å². The van der Waals surface area contributed by atoms with E-state index < -0.39 is 29.8 Å². The molecule has 0 bridgehead atoms. The van der Waals surface area contributed by atoms with Crippen molar-refractivity contribution in [3.63, 3.8) is 0 Å². The van der Waals surface area contributed by atoms with Gasteiger partial charge in [0.1, 0.15) is 11.7 Å². The minimum Gasteiger partial charge on any atom is -0.467 e. The van der Waals surface area contributed by atoms with E-state index in [1.54, 1.807) is 36.4 Å². The van der Waals surface area contributed by atoms with Crippen molar-refractivity contribution in [1.82, 2.24) is 10.6 Å². The second-order valence-corrected chi connectivity index (χ2v) is 5.33. The highest BCUT2D eigenvalue weighted by Crippen LogP contribution is 2.03. The summed E-state index contributed by atoms with van der Waals surface area (Å²) in [7, 11) is 2.41. The van der Waals surface area contributed by atoms with Crippen molar-refractivity contribution in [2.45, 2.75) is 19.4 Å². The molecular weight excluding hydrogens is 352 g/mol. The molecule has 27 heavy (non-hydrogen) atoms. The first-order chi connectivity index (χ1) is 12.9. The Kier molecular flexibility index (Phi) is 9.01. The second kappa shape index (κ2) is 11.2. The fourth-order valence-electron chi connectivity index (χ4n) is 2.03. The Bertz CT molecular complexity index is 740. The van der Waals surface area contributed by atoms with E-state index in [0.29, 0.717) is 5.56 Å². The average Bonchev–Trinajstić information content (AvgIpc) is 2.68. The van der Waals surface area contributed by atoms with Crippen LogP contribution in [0.1, 0.15) is 23.7 Å². The van der Waals surface area contributed by atoms with Gasteiger partial charge in [0.2, 0.25) is 5.91 Å². The van der Waals surface area contributed by atoms with Crippen molar-refractivity contribution in [2.75, 3.05) is 14.2 Å². The lowest BCUT2D eigenvalue weighted by molar-refractivity contribution is -0.142. The number of carbonyl (C=O) groups is 4. The maximum absolute atomic E-state index is 12.2. The number of hydrogen-bond donors (Lipinski definition) is 2. The molecule has 0 radical (unpaired) electrons. The first-order valence-electron chi connectivity index (χ1n) is 8.05. The molecule has 0 heterocycles. The van der Waals surface area contributed by atoms with Gasteiger partial charge >= 0.3 is 11.9 Å². The van der Waals surface area contributed by atoms with Crippen LogP contribution in [0.4, 0.5) is 0 Å². The number of nitrogens with one attached hydrogen (secondary N) is 2. The lowest BCUT2D eigenvalue weighted by Gasteiger charge is -2.14. The standard InChI is InChI=1S/C19H22N2O6/c1-13(22)20-15(18(24)26-2)11-7-8-12-16(19(25)27-3)21-17(23)14-9-5-4-6-10-14/h4-11,16H,12H2,1-3H3,(H,20,22)(H,21,23)/b8-7+,15-11-/t16-/m0/s1. The molecule has 144 valence electrons. The SMILES string of the molecule is COC(=O)/C(=C/C=C/C[C@H](NC(=O)c1ccccc1)C(=O)OC)NC(C)=O.